The number of hydrogen-bond acceptors (Lipinski definition) is 2. The quantitative estimate of drug-likeness (QED) is 0.746. The Kier molecular flexibility index (Phi) is 3.77. The van der Waals surface area contributed by atoms with E-state index >= 15 is 0 Å². The van der Waals surface area contributed by atoms with Gasteiger partial charge < -0.3 is 11.1 Å². The fraction of sp³-hybridized carbons (Fsp3) is 0.917. The Morgan fingerprint density at radius 1 is 1.40 bits per heavy atom. The third-order valence-corrected chi connectivity index (χ3v) is 3.06. The molecule has 0 aromatic rings. The molecular weight excluding hydrogens is 188 g/mol. The lowest BCUT2D eigenvalue weighted by Gasteiger charge is -2.37. The molecule has 88 valence electrons. The molecule has 0 atom stereocenters. The zero-order valence-electron chi connectivity index (χ0n) is 10.2. The number of nitrogens with two attached hydrogens (primary N) is 1. The van der Waals surface area contributed by atoms with Crippen molar-refractivity contribution in [3.05, 3.63) is 0 Å². The number of nitrogens with one attached hydrogen (secondary N) is 1. The zero-order chi connectivity index (χ0) is 11.5. The Labute approximate surface area is 92.8 Å². The van der Waals surface area contributed by atoms with Gasteiger partial charge in [0.1, 0.15) is 0 Å². The van der Waals surface area contributed by atoms with Crippen molar-refractivity contribution in [2.24, 2.45) is 11.1 Å². The standard InChI is InChI=1S/C12H24N2O/c1-11(2,3)7-8-14-10(15)9-12(13)5-4-6-12/h4-9,13H2,1-3H3,(H,14,15). The first-order chi connectivity index (χ1) is 6.81. The number of rotatable bonds is 4. The molecule has 0 saturated heterocycles. The third kappa shape index (κ3) is 4.65. The zero-order valence-corrected chi connectivity index (χ0v) is 10.2. The molecule has 0 unspecified atom stereocenters. The van der Waals surface area contributed by atoms with E-state index in [2.05, 4.69) is 26.1 Å². The normalized spacial score (nSPS) is 19.5. The first-order valence-corrected chi connectivity index (χ1v) is 5.86. The van der Waals surface area contributed by atoms with Gasteiger partial charge in [0.05, 0.1) is 0 Å². The van der Waals surface area contributed by atoms with Crippen LogP contribution in [0.5, 0.6) is 0 Å². The highest BCUT2D eigenvalue weighted by molar-refractivity contribution is 5.77. The second-order valence-corrected chi connectivity index (χ2v) is 6.05. The molecule has 1 fully saturated rings. The maximum atomic E-state index is 11.5. The van der Waals surface area contributed by atoms with Crippen molar-refractivity contribution in [2.75, 3.05) is 6.54 Å². The second-order valence-electron chi connectivity index (χ2n) is 6.05. The fourth-order valence-electron chi connectivity index (χ4n) is 1.77. The number of carbonyl (C=O) groups excluding carboxylic acids is 1. The molecule has 1 aliphatic rings. The molecule has 0 heterocycles. The van der Waals surface area contributed by atoms with Crippen LogP contribution in [-0.2, 0) is 4.79 Å². The Hall–Kier alpha value is -0.570. The SMILES string of the molecule is CC(C)(C)CCNC(=O)CC1(N)CCC1. The van der Waals surface area contributed by atoms with Crippen molar-refractivity contribution >= 4 is 5.91 Å². The summed E-state index contributed by atoms with van der Waals surface area (Å²) in [5.74, 6) is 0.112. The molecule has 0 spiro atoms. The first kappa shape index (κ1) is 12.5. The van der Waals surface area contributed by atoms with Gasteiger partial charge in [-0.15, -0.1) is 0 Å². The van der Waals surface area contributed by atoms with Crippen LogP contribution in [0.15, 0.2) is 0 Å². The van der Waals surface area contributed by atoms with Gasteiger partial charge in [0.2, 0.25) is 5.91 Å². The summed E-state index contributed by atoms with van der Waals surface area (Å²) in [5.41, 5.74) is 6.09. The Morgan fingerprint density at radius 3 is 2.40 bits per heavy atom. The average molecular weight is 212 g/mol. The van der Waals surface area contributed by atoms with Crippen LogP contribution in [0.1, 0.15) is 52.9 Å². The van der Waals surface area contributed by atoms with E-state index in [1.54, 1.807) is 0 Å². The highest BCUT2D eigenvalue weighted by atomic mass is 16.1. The van der Waals surface area contributed by atoms with E-state index in [0.29, 0.717) is 6.42 Å². The van der Waals surface area contributed by atoms with Crippen LogP contribution in [0.2, 0.25) is 0 Å². The first-order valence-electron chi connectivity index (χ1n) is 5.86. The van der Waals surface area contributed by atoms with Gasteiger partial charge in [-0.3, -0.25) is 4.79 Å². The molecule has 3 heteroatoms. The highest BCUT2D eigenvalue weighted by Crippen LogP contribution is 2.31. The topological polar surface area (TPSA) is 55.1 Å². The van der Waals surface area contributed by atoms with E-state index in [9.17, 15) is 4.79 Å². The Morgan fingerprint density at radius 2 is 2.00 bits per heavy atom. The van der Waals surface area contributed by atoms with E-state index in [0.717, 1.165) is 25.8 Å². The third-order valence-electron chi connectivity index (χ3n) is 3.06. The molecule has 3 N–H and O–H groups in total. The number of amides is 1. The van der Waals surface area contributed by atoms with Gasteiger partial charge in [-0.25, -0.2) is 0 Å². The molecule has 3 nitrogen and oxygen atoms in total. The largest absolute Gasteiger partial charge is 0.356 e. The van der Waals surface area contributed by atoms with E-state index in [4.69, 9.17) is 5.73 Å². The molecule has 0 aliphatic heterocycles. The van der Waals surface area contributed by atoms with E-state index in [1.807, 2.05) is 0 Å². The summed E-state index contributed by atoms with van der Waals surface area (Å²) in [7, 11) is 0. The van der Waals surface area contributed by atoms with Crippen LogP contribution in [0.4, 0.5) is 0 Å². The van der Waals surface area contributed by atoms with Crippen LogP contribution in [0, 0.1) is 5.41 Å². The fourth-order valence-corrected chi connectivity index (χ4v) is 1.77. The van der Waals surface area contributed by atoms with E-state index in [1.165, 1.54) is 6.42 Å². The maximum absolute atomic E-state index is 11.5. The van der Waals surface area contributed by atoms with Crippen molar-refractivity contribution in [1.29, 1.82) is 0 Å². The summed E-state index contributed by atoms with van der Waals surface area (Å²) in [6.45, 7) is 7.29. The number of carbonyl (C=O) groups is 1. The molecule has 0 aromatic carbocycles. The summed E-state index contributed by atoms with van der Waals surface area (Å²) in [6.07, 6.45) is 4.68. The molecule has 1 amide bonds. The molecule has 1 saturated carbocycles. The predicted molar refractivity (Wildman–Crippen MR) is 62.5 cm³/mol. The second kappa shape index (κ2) is 4.52. The predicted octanol–water partition coefficient (Wildman–Crippen LogP) is 1.81. The van der Waals surface area contributed by atoms with Gasteiger partial charge in [-0.2, -0.15) is 0 Å². The van der Waals surface area contributed by atoms with Crippen molar-refractivity contribution in [3.8, 4) is 0 Å². The summed E-state index contributed by atoms with van der Waals surface area (Å²) in [6, 6.07) is 0. The van der Waals surface area contributed by atoms with Gasteiger partial charge in [0.15, 0.2) is 0 Å². The van der Waals surface area contributed by atoms with Crippen LogP contribution < -0.4 is 11.1 Å². The molecule has 15 heavy (non-hydrogen) atoms. The summed E-state index contributed by atoms with van der Waals surface area (Å²) in [5, 5.41) is 2.94. The van der Waals surface area contributed by atoms with Crippen LogP contribution in [0.3, 0.4) is 0 Å². The lowest BCUT2D eigenvalue weighted by Crippen LogP contribution is -2.50. The lowest BCUT2D eigenvalue weighted by molar-refractivity contribution is -0.123. The molecular formula is C12H24N2O. The molecule has 1 rings (SSSR count). The average Bonchev–Trinajstić information content (AvgIpc) is 1.98. The van der Waals surface area contributed by atoms with Crippen molar-refractivity contribution in [2.45, 2.75) is 58.4 Å². The van der Waals surface area contributed by atoms with Crippen LogP contribution in [-0.4, -0.2) is 18.0 Å². The number of hydrogen-bond donors (Lipinski definition) is 2. The van der Waals surface area contributed by atoms with Gasteiger partial charge >= 0.3 is 0 Å². The molecule has 0 bridgehead atoms. The van der Waals surface area contributed by atoms with Crippen molar-refractivity contribution in [1.82, 2.24) is 5.32 Å². The molecule has 0 aromatic heterocycles. The van der Waals surface area contributed by atoms with Crippen molar-refractivity contribution < 1.29 is 4.79 Å². The highest BCUT2D eigenvalue weighted by Gasteiger charge is 2.34. The molecule has 0 radical (unpaired) electrons. The smallest absolute Gasteiger partial charge is 0.221 e. The van der Waals surface area contributed by atoms with Crippen molar-refractivity contribution in [3.63, 3.8) is 0 Å². The minimum Gasteiger partial charge on any atom is -0.356 e. The maximum Gasteiger partial charge on any atom is 0.221 e. The summed E-state index contributed by atoms with van der Waals surface area (Å²) in [4.78, 5) is 11.5. The van der Waals surface area contributed by atoms with Gasteiger partial charge in [0, 0.05) is 18.5 Å². The van der Waals surface area contributed by atoms with Crippen LogP contribution in [0.25, 0.3) is 0 Å². The lowest BCUT2D eigenvalue weighted by atomic mass is 9.75. The summed E-state index contributed by atoms with van der Waals surface area (Å²) < 4.78 is 0. The van der Waals surface area contributed by atoms with Gasteiger partial charge in [-0.1, -0.05) is 20.8 Å². The Balaban J connectivity index is 2.14. The summed E-state index contributed by atoms with van der Waals surface area (Å²) >= 11 is 0. The van der Waals surface area contributed by atoms with Gasteiger partial charge in [-0.05, 0) is 31.1 Å². The minimum absolute atomic E-state index is 0.112. The Bertz CT molecular complexity index is 226. The van der Waals surface area contributed by atoms with E-state index in [-0.39, 0.29) is 16.9 Å². The van der Waals surface area contributed by atoms with E-state index < -0.39 is 0 Å². The van der Waals surface area contributed by atoms with Crippen LogP contribution >= 0.6 is 0 Å². The monoisotopic (exact) mass is 212 g/mol. The molecule has 1 aliphatic carbocycles. The minimum atomic E-state index is -0.189. The van der Waals surface area contributed by atoms with Gasteiger partial charge in [0.25, 0.3) is 0 Å².